The van der Waals surface area contributed by atoms with E-state index in [4.69, 9.17) is 4.74 Å². The fourth-order valence-electron chi connectivity index (χ4n) is 1.50. The van der Waals surface area contributed by atoms with Crippen molar-refractivity contribution in [2.75, 3.05) is 11.9 Å². The Morgan fingerprint density at radius 3 is 2.75 bits per heavy atom. The molecule has 0 atom stereocenters. The summed E-state index contributed by atoms with van der Waals surface area (Å²) in [6, 6.07) is 13.2. The Bertz CT molecular complexity index is 580. The third kappa shape index (κ3) is 4.20. The minimum atomic E-state index is -0.513. The summed E-state index contributed by atoms with van der Waals surface area (Å²) in [5.41, 5.74) is 1.73. The molecule has 1 aromatic carbocycles. The van der Waals surface area contributed by atoms with Crippen LogP contribution < -0.4 is 5.32 Å². The molecular formula is C15H15N3O2. The van der Waals surface area contributed by atoms with Crippen LogP contribution in [0.25, 0.3) is 0 Å². The number of carbonyl (C=O) groups is 1. The number of amides is 1. The molecule has 20 heavy (non-hydrogen) atoms. The van der Waals surface area contributed by atoms with E-state index in [1.165, 1.54) is 0 Å². The van der Waals surface area contributed by atoms with Gasteiger partial charge in [0.25, 0.3) is 0 Å². The molecule has 0 fully saturated rings. The van der Waals surface area contributed by atoms with Crippen LogP contribution in [0.4, 0.5) is 16.3 Å². The van der Waals surface area contributed by atoms with Crippen molar-refractivity contribution in [1.82, 2.24) is 4.98 Å². The van der Waals surface area contributed by atoms with Crippen LogP contribution in [0.3, 0.4) is 0 Å². The van der Waals surface area contributed by atoms with Gasteiger partial charge in [-0.3, -0.25) is 10.3 Å². The third-order valence-electron chi connectivity index (χ3n) is 2.42. The van der Waals surface area contributed by atoms with E-state index in [1.807, 2.05) is 30.3 Å². The molecule has 0 bridgehead atoms. The summed E-state index contributed by atoms with van der Waals surface area (Å²) in [6.45, 7) is 2.07. The van der Waals surface area contributed by atoms with Gasteiger partial charge in [0.15, 0.2) is 0 Å². The Balaban J connectivity index is 1.98. The van der Waals surface area contributed by atoms with Crippen molar-refractivity contribution < 1.29 is 9.53 Å². The Kier molecular flexibility index (Phi) is 4.83. The second kappa shape index (κ2) is 7.04. The SMILES string of the molecule is CCOC(=O)Nc1ccc(N=Cc2ccccc2)cn1. The van der Waals surface area contributed by atoms with Crippen LogP contribution in [0, 0.1) is 0 Å². The number of nitrogens with zero attached hydrogens (tertiary/aromatic N) is 2. The van der Waals surface area contributed by atoms with Crippen LogP contribution in [0.15, 0.2) is 53.7 Å². The molecule has 1 N–H and O–H groups in total. The van der Waals surface area contributed by atoms with E-state index in [0.29, 0.717) is 18.1 Å². The lowest BCUT2D eigenvalue weighted by molar-refractivity contribution is 0.168. The first kappa shape index (κ1) is 13.7. The zero-order valence-electron chi connectivity index (χ0n) is 11.1. The van der Waals surface area contributed by atoms with E-state index in [-0.39, 0.29) is 0 Å². The van der Waals surface area contributed by atoms with Gasteiger partial charge in [0.1, 0.15) is 5.82 Å². The maximum absolute atomic E-state index is 11.2. The van der Waals surface area contributed by atoms with E-state index < -0.39 is 6.09 Å². The molecule has 1 amide bonds. The second-order valence-corrected chi connectivity index (χ2v) is 3.92. The minimum absolute atomic E-state index is 0.325. The molecule has 0 saturated heterocycles. The average molecular weight is 269 g/mol. The quantitative estimate of drug-likeness (QED) is 0.865. The van der Waals surface area contributed by atoms with Crippen LogP contribution in [0.1, 0.15) is 12.5 Å². The molecule has 0 aliphatic carbocycles. The lowest BCUT2D eigenvalue weighted by Crippen LogP contribution is -2.13. The number of aromatic nitrogens is 1. The second-order valence-electron chi connectivity index (χ2n) is 3.92. The van der Waals surface area contributed by atoms with Gasteiger partial charge in [-0.2, -0.15) is 0 Å². The van der Waals surface area contributed by atoms with E-state index >= 15 is 0 Å². The fourth-order valence-corrected chi connectivity index (χ4v) is 1.50. The third-order valence-corrected chi connectivity index (χ3v) is 2.42. The fraction of sp³-hybridized carbons (Fsp3) is 0.133. The first-order valence-corrected chi connectivity index (χ1v) is 6.27. The number of hydrogen-bond acceptors (Lipinski definition) is 4. The van der Waals surface area contributed by atoms with E-state index in [1.54, 1.807) is 31.5 Å². The topological polar surface area (TPSA) is 63.6 Å². The molecule has 2 aromatic rings. The van der Waals surface area contributed by atoms with E-state index in [0.717, 1.165) is 5.56 Å². The molecule has 102 valence electrons. The number of benzene rings is 1. The van der Waals surface area contributed by atoms with Crippen molar-refractivity contribution >= 4 is 23.8 Å². The van der Waals surface area contributed by atoms with Gasteiger partial charge in [0.05, 0.1) is 18.5 Å². The van der Waals surface area contributed by atoms with Crippen molar-refractivity contribution in [2.45, 2.75) is 6.92 Å². The average Bonchev–Trinajstić information content (AvgIpc) is 2.48. The normalized spacial score (nSPS) is 10.4. The molecule has 5 heteroatoms. The van der Waals surface area contributed by atoms with Gasteiger partial charge in [-0.1, -0.05) is 30.3 Å². The molecule has 0 radical (unpaired) electrons. The van der Waals surface area contributed by atoms with Crippen molar-refractivity contribution in [3.8, 4) is 0 Å². The summed E-state index contributed by atoms with van der Waals surface area (Å²) in [6.07, 6.45) is 2.83. The van der Waals surface area contributed by atoms with Gasteiger partial charge in [-0.25, -0.2) is 9.78 Å². The molecule has 0 aliphatic heterocycles. The first-order valence-electron chi connectivity index (χ1n) is 6.27. The van der Waals surface area contributed by atoms with Crippen LogP contribution in [0.5, 0.6) is 0 Å². The summed E-state index contributed by atoms with van der Waals surface area (Å²) < 4.78 is 4.76. The smallest absolute Gasteiger partial charge is 0.412 e. The van der Waals surface area contributed by atoms with Gasteiger partial charge in [0, 0.05) is 6.21 Å². The Hall–Kier alpha value is -2.69. The molecule has 2 rings (SSSR count). The van der Waals surface area contributed by atoms with Gasteiger partial charge >= 0.3 is 6.09 Å². The van der Waals surface area contributed by atoms with Gasteiger partial charge in [-0.05, 0) is 24.6 Å². The van der Waals surface area contributed by atoms with Crippen molar-refractivity contribution in [3.05, 3.63) is 54.2 Å². The van der Waals surface area contributed by atoms with Gasteiger partial charge < -0.3 is 4.74 Å². The highest BCUT2D eigenvalue weighted by molar-refractivity contribution is 5.84. The molecule has 0 unspecified atom stereocenters. The Morgan fingerprint density at radius 2 is 2.10 bits per heavy atom. The number of rotatable bonds is 4. The highest BCUT2D eigenvalue weighted by Crippen LogP contribution is 2.13. The zero-order valence-corrected chi connectivity index (χ0v) is 11.1. The van der Waals surface area contributed by atoms with E-state index in [9.17, 15) is 4.79 Å². The lowest BCUT2D eigenvalue weighted by Gasteiger charge is -2.03. The van der Waals surface area contributed by atoms with Crippen LogP contribution >= 0.6 is 0 Å². The molecule has 0 aliphatic rings. The standard InChI is InChI=1S/C15H15N3O2/c1-2-20-15(19)18-14-9-8-13(11-17-14)16-10-12-6-4-3-5-7-12/h3-11H,2H2,1H3,(H,17,18,19). The summed E-state index contributed by atoms with van der Waals surface area (Å²) >= 11 is 0. The number of hydrogen-bond donors (Lipinski definition) is 1. The predicted molar refractivity (Wildman–Crippen MR) is 78.6 cm³/mol. The highest BCUT2D eigenvalue weighted by Gasteiger charge is 2.02. The molecular weight excluding hydrogens is 254 g/mol. The van der Waals surface area contributed by atoms with Gasteiger partial charge in [0.2, 0.25) is 0 Å². The lowest BCUT2D eigenvalue weighted by atomic mass is 10.2. The van der Waals surface area contributed by atoms with Crippen molar-refractivity contribution in [3.63, 3.8) is 0 Å². The summed E-state index contributed by atoms with van der Waals surface area (Å²) in [5, 5.41) is 2.52. The zero-order chi connectivity index (χ0) is 14.2. The summed E-state index contributed by atoms with van der Waals surface area (Å²) in [5.74, 6) is 0.433. The van der Waals surface area contributed by atoms with Gasteiger partial charge in [-0.15, -0.1) is 0 Å². The molecule has 1 heterocycles. The van der Waals surface area contributed by atoms with Crippen LogP contribution in [-0.2, 0) is 4.74 Å². The maximum Gasteiger partial charge on any atom is 0.412 e. The van der Waals surface area contributed by atoms with Crippen molar-refractivity contribution in [1.29, 1.82) is 0 Å². The Morgan fingerprint density at radius 1 is 1.30 bits per heavy atom. The number of nitrogens with one attached hydrogen (secondary N) is 1. The van der Waals surface area contributed by atoms with Crippen LogP contribution in [0.2, 0.25) is 0 Å². The van der Waals surface area contributed by atoms with Crippen molar-refractivity contribution in [2.24, 2.45) is 4.99 Å². The van der Waals surface area contributed by atoms with Crippen LogP contribution in [-0.4, -0.2) is 23.9 Å². The Labute approximate surface area is 117 Å². The molecule has 1 aromatic heterocycles. The molecule has 0 spiro atoms. The first-order chi connectivity index (χ1) is 9.78. The number of anilines is 1. The molecule has 5 nitrogen and oxygen atoms in total. The monoisotopic (exact) mass is 269 g/mol. The number of carbonyl (C=O) groups excluding carboxylic acids is 1. The summed E-state index contributed by atoms with van der Waals surface area (Å²) in [7, 11) is 0. The maximum atomic E-state index is 11.2. The summed E-state index contributed by atoms with van der Waals surface area (Å²) in [4.78, 5) is 19.6. The number of ether oxygens (including phenoxy) is 1. The largest absolute Gasteiger partial charge is 0.450 e. The van der Waals surface area contributed by atoms with E-state index in [2.05, 4.69) is 15.3 Å². The number of aliphatic imine (C=N–C) groups is 1. The predicted octanol–water partition coefficient (Wildman–Crippen LogP) is 3.40. The highest BCUT2D eigenvalue weighted by atomic mass is 16.5. The molecule has 0 saturated carbocycles. The number of pyridine rings is 1. The minimum Gasteiger partial charge on any atom is -0.450 e.